The largest absolute Gasteiger partial charge is 0.386 e. The SMILES string of the molecule is CC1NCCOC1c1cc(C(C)(C)O)c2c(n1)c(-c1ccn(C3CCCCO3)n1)nn2C. The molecule has 32 heavy (non-hydrogen) atoms. The zero-order valence-corrected chi connectivity index (χ0v) is 19.2. The van der Waals surface area contributed by atoms with Gasteiger partial charge in [0.2, 0.25) is 0 Å². The Hall–Kier alpha value is -2.33. The number of fused-ring (bicyclic) bond motifs is 1. The molecule has 9 heteroatoms. The van der Waals surface area contributed by atoms with Gasteiger partial charge in [-0.2, -0.15) is 10.2 Å². The minimum atomic E-state index is -1.07. The molecule has 3 unspecified atom stereocenters. The molecule has 5 rings (SSSR count). The molecule has 2 saturated heterocycles. The highest BCUT2D eigenvalue weighted by atomic mass is 16.5. The van der Waals surface area contributed by atoms with E-state index in [-0.39, 0.29) is 18.4 Å². The van der Waals surface area contributed by atoms with Gasteiger partial charge in [0.15, 0.2) is 0 Å². The number of hydrogen-bond donors (Lipinski definition) is 2. The maximum Gasteiger partial charge on any atom is 0.150 e. The average molecular weight is 441 g/mol. The van der Waals surface area contributed by atoms with Crippen molar-refractivity contribution in [2.45, 2.75) is 64.0 Å². The van der Waals surface area contributed by atoms with Gasteiger partial charge in [-0.3, -0.25) is 4.68 Å². The summed E-state index contributed by atoms with van der Waals surface area (Å²) in [5.41, 5.74) is 3.46. The Morgan fingerprint density at radius 1 is 1.19 bits per heavy atom. The molecule has 0 spiro atoms. The van der Waals surface area contributed by atoms with E-state index in [1.807, 2.05) is 30.1 Å². The quantitative estimate of drug-likeness (QED) is 0.644. The third-order valence-corrected chi connectivity index (χ3v) is 6.38. The van der Waals surface area contributed by atoms with Crippen LogP contribution in [0.4, 0.5) is 0 Å². The Bertz CT molecular complexity index is 1110. The van der Waals surface area contributed by atoms with Gasteiger partial charge in [-0.25, -0.2) is 9.67 Å². The summed E-state index contributed by atoms with van der Waals surface area (Å²) >= 11 is 0. The molecule has 5 heterocycles. The molecule has 2 aliphatic rings. The lowest BCUT2D eigenvalue weighted by Gasteiger charge is -2.31. The van der Waals surface area contributed by atoms with Crippen LogP contribution in [-0.4, -0.2) is 55.5 Å². The van der Waals surface area contributed by atoms with Gasteiger partial charge in [0.1, 0.15) is 29.2 Å². The van der Waals surface area contributed by atoms with Gasteiger partial charge in [-0.15, -0.1) is 0 Å². The monoisotopic (exact) mass is 440 g/mol. The third-order valence-electron chi connectivity index (χ3n) is 6.38. The van der Waals surface area contributed by atoms with Gasteiger partial charge in [0.05, 0.1) is 23.4 Å². The summed E-state index contributed by atoms with van der Waals surface area (Å²) in [6, 6.07) is 4.03. The van der Waals surface area contributed by atoms with Gasteiger partial charge < -0.3 is 19.9 Å². The summed E-state index contributed by atoms with van der Waals surface area (Å²) in [4.78, 5) is 5.00. The van der Waals surface area contributed by atoms with Crippen LogP contribution in [0.5, 0.6) is 0 Å². The molecule has 3 aromatic heterocycles. The fourth-order valence-corrected chi connectivity index (χ4v) is 4.71. The van der Waals surface area contributed by atoms with E-state index in [1.54, 1.807) is 18.5 Å². The van der Waals surface area contributed by atoms with Crippen LogP contribution < -0.4 is 5.32 Å². The first-order chi connectivity index (χ1) is 15.3. The van der Waals surface area contributed by atoms with Crippen LogP contribution in [0.3, 0.4) is 0 Å². The number of aryl methyl sites for hydroxylation is 1. The van der Waals surface area contributed by atoms with Gasteiger partial charge in [-0.1, -0.05) is 0 Å². The lowest BCUT2D eigenvalue weighted by molar-refractivity contribution is -0.0393. The standard InChI is InChI=1S/C23H32N6O3/c1-14-22(32-12-9-24-14)17-13-15(23(2,3)30)21-20(25-17)19(27-28(21)4)16-8-10-29(26-16)18-7-5-6-11-31-18/h8,10,13-14,18,22,24,30H,5-7,9,11-12H2,1-4H3. The van der Waals surface area contributed by atoms with E-state index in [0.717, 1.165) is 60.4 Å². The van der Waals surface area contributed by atoms with Crippen LogP contribution in [0.1, 0.15) is 63.6 Å². The molecule has 0 aliphatic carbocycles. The van der Waals surface area contributed by atoms with E-state index in [4.69, 9.17) is 24.7 Å². The highest BCUT2D eigenvalue weighted by Crippen LogP contribution is 2.36. The third kappa shape index (κ3) is 3.83. The summed E-state index contributed by atoms with van der Waals surface area (Å²) in [7, 11) is 1.88. The number of ether oxygens (including phenoxy) is 2. The van der Waals surface area contributed by atoms with E-state index >= 15 is 0 Å². The summed E-state index contributed by atoms with van der Waals surface area (Å²) in [6.45, 7) is 7.87. The van der Waals surface area contributed by atoms with Crippen molar-refractivity contribution in [3.63, 3.8) is 0 Å². The molecule has 2 N–H and O–H groups in total. The molecule has 0 aromatic carbocycles. The van der Waals surface area contributed by atoms with Crippen molar-refractivity contribution in [2.75, 3.05) is 19.8 Å². The minimum Gasteiger partial charge on any atom is -0.386 e. The van der Waals surface area contributed by atoms with E-state index < -0.39 is 5.60 Å². The second-order valence-corrected chi connectivity index (χ2v) is 9.36. The molecule has 172 valence electrons. The van der Waals surface area contributed by atoms with Crippen molar-refractivity contribution in [1.29, 1.82) is 0 Å². The van der Waals surface area contributed by atoms with E-state index in [0.29, 0.717) is 12.3 Å². The molecule has 0 saturated carbocycles. The number of pyridine rings is 1. The number of hydrogen-bond acceptors (Lipinski definition) is 7. The van der Waals surface area contributed by atoms with Crippen LogP contribution in [0, 0.1) is 0 Å². The van der Waals surface area contributed by atoms with Crippen LogP contribution in [0.15, 0.2) is 18.3 Å². The van der Waals surface area contributed by atoms with Crippen molar-refractivity contribution in [3.8, 4) is 11.4 Å². The van der Waals surface area contributed by atoms with Gasteiger partial charge in [0.25, 0.3) is 0 Å². The van der Waals surface area contributed by atoms with Gasteiger partial charge in [-0.05, 0) is 52.2 Å². The zero-order chi connectivity index (χ0) is 22.5. The van der Waals surface area contributed by atoms with Crippen molar-refractivity contribution in [1.82, 2.24) is 29.9 Å². The normalized spacial score (nSPS) is 24.8. The fraction of sp³-hybridized carbons (Fsp3) is 0.609. The zero-order valence-electron chi connectivity index (χ0n) is 19.2. The second-order valence-electron chi connectivity index (χ2n) is 9.36. The molecule has 3 aromatic rings. The summed E-state index contributed by atoms with van der Waals surface area (Å²) < 4.78 is 15.6. The molecule has 3 atom stereocenters. The summed E-state index contributed by atoms with van der Waals surface area (Å²) in [5.74, 6) is 0. The Kier molecular flexibility index (Phi) is 5.53. The number of morpholine rings is 1. The first kappa shape index (κ1) is 21.5. The number of aromatic nitrogens is 5. The summed E-state index contributed by atoms with van der Waals surface area (Å²) in [5, 5.41) is 24.0. The predicted molar refractivity (Wildman–Crippen MR) is 120 cm³/mol. The number of aliphatic hydroxyl groups is 1. The van der Waals surface area contributed by atoms with Crippen LogP contribution in [0.25, 0.3) is 22.4 Å². The molecule has 2 aliphatic heterocycles. The number of rotatable bonds is 4. The van der Waals surface area contributed by atoms with Crippen LogP contribution >= 0.6 is 0 Å². The fourth-order valence-electron chi connectivity index (χ4n) is 4.71. The van der Waals surface area contributed by atoms with Crippen molar-refractivity contribution in [2.24, 2.45) is 7.05 Å². The average Bonchev–Trinajstić information content (AvgIpc) is 3.38. The van der Waals surface area contributed by atoms with Crippen molar-refractivity contribution in [3.05, 3.63) is 29.6 Å². The topological polar surface area (TPSA) is 99.2 Å². The molecule has 0 bridgehead atoms. The van der Waals surface area contributed by atoms with E-state index in [2.05, 4.69) is 12.2 Å². The smallest absolute Gasteiger partial charge is 0.150 e. The van der Waals surface area contributed by atoms with Gasteiger partial charge >= 0.3 is 0 Å². The lowest BCUT2D eigenvalue weighted by Crippen LogP contribution is -2.41. The molecular formula is C23H32N6O3. The number of nitrogens with one attached hydrogen (secondary N) is 1. The molecule has 0 radical (unpaired) electrons. The van der Waals surface area contributed by atoms with Crippen LogP contribution in [-0.2, 0) is 22.1 Å². The summed E-state index contributed by atoms with van der Waals surface area (Å²) in [6.07, 6.45) is 4.90. The lowest BCUT2D eigenvalue weighted by atomic mass is 9.94. The van der Waals surface area contributed by atoms with Crippen molar-refractivity contribution >= 4 is 11.0 Å². The molecule has 0 amide bonds. The van der Waals surface area contributed by atoms with Crippen molar-refractivity contribution < 1.29 is 14.6 Å². The second kappa shape index (κ2) is 8.22. The minimum absolute atomic E-state index is 0.0366. The predicted octanol–water partition coefficient (Wildman–Crippen LogP) is 2.81. The number of nitrogens with zero attached hydrogens (tertiary/aromatic N) is 5. The van der Waals surface area contributed by atoms with E-state index in [1.165, 1.54) is 0 Å². The molecule has 9 nitrogen and oxygen atoms in total. The molecular weight excluding hydrogens is 408 g/mol. The highest BCUT2D eigenvalue weighted by Gasteiger charge is 2.31. The van der Waals surface area contributed by atoms with Crippen LogP contribution in [0.2, 0.25) is 0 Å². The Morgan fingerprint density at radius 3 is 2.75 bits per heavy atom. The maximum atomic E-state index is 11.0. The first-order valence-electron chi connectivity index (χ1n) is 11.5. The Morgan fingerprint density at radius 2 is 2.03 bits per heavy atom. The molecule has 2 fully saturated rings. The van der Waals surface area contributed by atoms with E-state index in [9.17, 15) is 5.11 Å². The highest BCUT2D eigenvalue weighted by molar-refractivity contribution is 5.91. The van der Waals surface area contributed by atoms with Gasteiger partial charge in [0, 0.05) is 38.0 Å². The Labute approximate surface area is 187 Å². The first-order valence-corrected chi connectivity index (χ1v) is 11.5. The maximum absolute atomic E-state index is 11.0. The Balaban J connectivity index is 1.64.